The SMILES string of the molecule is CCCn1cc(Br)cc1C(=O)Nc1ccc(C#N)cc1Br. The molecule has 0 saturated heterocycles. The first kappa shape index (κ1) is 15.8. The molecule has 0 radical (unpaired) electrons. The van der Waals surface area contributed by atoms with Gasteiger partial charge in [0.1, 0.15) is 5.69 Å². The van der Waals surface area contributed by atoms with Crippen molar-refractivity contribution in [2.75, 3.05) is 5.32 Å². The third kappa shape index (κ3) is 3.74. The fraction of sp³-hybridized carbons (Fsp3) is 0.200. The smallest absolute Gasteiger partial charge is 0.272 e. The third-order valence-electron chi connectivity index (χ3n) is 2.91. The van der Waals surface area contributed by atoms with Crippen molar-refractivity contribution in [3.63, 3.8) is 0 Å². The number of hydrogen-bond acceptors (Lipinski definition) is 2. The molecule has 0 atom stereocenters. The number of carbonyl (C=O) groups excluding carboxylic acids is 1. The molecular weight excluding hydrogens is 398 g/mol. The first-order valence-corrected chi connectivity index (χ1v) is 8.00. The van der Waals surface area contributed by atoms with E-state index in [0.717, 1.165) is 17.4 Å². The van der Waals surface area contributed by atoms with Gasteiger partial charge >= 0.3 is 0 Å². The van der Waals surface area contributed by atoms with E-state index < -0.39 is 0 Å². The molecule has 0 fully saturated rings. The van der Waals surface area contributed by atoms with Gasteiger partial charge in [0.15, 0.2) is 0 Å². The molecule has 0 spiro atoms. The Bertz CT molecular complexity index is 716. The van der Waals surface area contributed by atoms with E-state index in [1.165, 1.54) is 0 Å². The average Bonchev–Trinajstić information content (AvgIpc) is 2.82. The highest BCUT2D eigenvalue weighted by molar-refractivity contribution is 9.10. The van der Waals surface area contributed by atoms with Crippen LogP contribution in [0, 0.1) is 11.3 Å². The molecule has 0 aliphatic carbocycles. The molecule has 6 heteroatoms. The maximum absolute atomic E-state index is 12.4. The molecule has 2 aromatic rings. The van der Waals surface area contributed by atoms with E-state index in [-0.39, 0.29) is 5.91 Å². The van der Waals surface area contributed by atoms with Crippen molar-refractivity contribution in [2.45, 2.75) is 19.9 Å². The molecule has 0 aliphatic heterocycles. The highest BCUT2D eigenvalue weighted by atomic mass is 79.9. The van der Waals surface area contributed by atoms with E-state index in [4.69, 9.17) is 5.26 Å². The molecule has 0 unspecified atom stereocenters. The van der Waals surface area contributed by atoms with E-state index in [1.54, 1.807) is 24.3 Å². The maximum Gasteiger partial charge on any atom is 0.272 e. The van der Waals surface area contributed by atoms with Gasteiger partial charge in [-0.05, 0) is 62.5 Å². The summed E-state index contributed by atoms with van der Waals surface area (Å²) in [5.74, 6) is -0.181. The van der Waals surface area contributed by atoms with Crippen LogP contribution in [0.25, 0.3) is 0 Å². The van der Waals surface area contributed by atoms with Crippen LogP contribution in [0.3, 0.4) is 0 Å². The van der Waals surface area contributed by atoms with E-state index in [0.29, 0.717) is 21.4 Å². The summed E-state index contributed by atoms with van der Waals surface area (Å²) in [6.45, 7) is 2.84. The van der Waals surface area contributed by atoms with Crippen molar-refractivity contribution >= 4 is 43.5 Å². The minimum absolute atomic E-state index is 0.181. The van der Waals surface area contributed by atoms with Crippen LogP contribution in [0.4, 0.5) is 5.69 Å². The van der Waals surface area contributed by atoms with E-state index in [2.05, 4.69) is 50.2 Å². The number of aromatic nitrogens is 1. The fourth-order valence-electron chi connectivity index (χ4n) is 1.96. The predicted octanol–water partition coefficient (Wildman–Crippen LogP) is 4.55. The number of hydrogen-bond donors (Lipinski definition) is 1. The molecule has 0 bridgehead atoms. The van der Waals surface area contributed by atoms with Crippen molar-refractivity contribution in [1.29, 1.82) is 5.26 Å². The molecule has 1 aromatic heterocycles. The molecule has 2 rings (SSSR count). The predicted molar refractivity (Wildman–Crippen MR) is 89.2 cm³/mol. The second kappa shape index (κ2) is 6.92. The molecule has 1 N–H and O–H groups in total. The summed E-state index contributed by atoms with van der Waals surface area (Å²) in [6.07, 6.45) is 2.84. The molecule has 1 amide bonds. The maximum atomic E-state index is 12.4. The minimum Gasteiger partial charge on any atom is -0.342 e. The summed E-state index contributed by atoms with van der Waals surface area (Å²) in [5.41, 5.74) is 1.77. The second-order valence-corrected chi connectivity index (χ2v) is 6.27. The lowest BCUT2D eigenvalue weighted by molar-refractivity contribution is 0.101. The summed E-state index contributed by atoms with van der Waals surface area (Å²) in [4.78, 5) is 12.4. The topological polar surface area (TPSA) is 57.8 Å². The summed E-state index contributed by atoms with van der Waals surface area (Å²) >= 11 is 6.76. The van der Waals surface area contributed by atoms with E-state index >= 15 is 0 Å². The van der Waals surface area contributed by atoms with Crippen LogP contribution in [0.2, 0.25) is 0 Å². The van der Waals surface area contributed by atoms with Crippen LogP contribution >= 0.6 is 31.9 Å². The zero-order valence-electron chi connectivity index (χ0n) is 11.4. The molecule has 1 heterocycles. The molecule has 108 valence electrons. The van der Waals surface area contributed by atoms with E-state index in [9.17, 15) is 4.79 Å². The number of halogens is 2. The lowest BCUT2D eigenvalue weighted by Crippen LogP contribution is -2.17. The Balaban J connectivity index is 2.24. The van der Waals surface area contributed by atoms with Gasteiger partial charge in [-0.1, -0.05) is 6.92 Å². The number of benzene rings is 1. The molecule has 0 saturated carbocycles. The summed E-state index contributed by atoms with van der Waals surface area (Å²) in [7, 11) is 0. The molecule has 0 aliphatic rings. The zero-order chi connectivity index (χ0) is 15.4. The fourth-order valence-corrected chi connectivity index (χ4v) is 2.91. The highest BCUT2D eigenvalue weighted by Crippen LogP contribution is 2.24. The number of aryl methyl sites for hydroxylation is 1. The summed E-state index contributed by atoms with van der Waals surface area (Å²) in [6, 6.07) is 8.91. The highest BCUT2D eigenvalue weighted by Gasteiger charge is 2.14. The van der Waals surface area contributed by atoms with Crippen molar-refractivity contribution in [3.05, 3.63) is 50.7 Å². The normalized spacial score (nSPS) is 10.2. The van der Waals surface area contributed by atoms with Crippen molar-refractivity contribution in [1.82, 2.24) is 4.57 Å². The average molecular weight is 411 g/mol. The van der Waals surface area contributed by atoms with Crippen molar-refractivity contribution in [3.8, 4) is 6.07 Å². The third-order valence-corrected chi connectivity index (χ3v) is 4.00. The lowest BCUT2D eigenvalue weighted by Gasteiger charge is -2.10. The van der Waals surface area contributed by atoms with Crippen LogP contribution in [0.1, 0.15) is 29.4 Å². The quantitative estimate of drug-likeness (QED) is 0.803. The molecule has 21 heavy (non-hydrogen) atoms. The number of nitrogens with zero attached hydrogens (tertiary/aromatic N) is 2. The largest absolute Gasteiger partial charge is 0.342 e. The van der Waals surface area contributed by atoms with Gasteiger partial charge in [0.2, 0.25) is 0 Å². The number of nitrogens with one attached hydrogen (secondary N) is 1. The van der Waals surface area contributed by atoms with Gasteiger partial charge in [-0.15, -0.1) is 0 Å². The van der Waals surface area contributed by atoms with Gasteiger partial charge in [-0.25, -0.2) is 0 Å². The Morgan fingerprint density at radius 2 is 2.14 bits per heavy atom. The van der Waals surface area contributed by atoms with Gasteiger partial charge in [-0.3, -0.25) is 4.79 Å². The molecular formula is C15H13Br2N3O. The summed E-state index contributed by atoms with van der Waals surface area (Å²) < 4.78 is 3.47. The van der Waals surface area contributed by atoms with Gasteiger partial charge in [0, 0.05) is 21.7 Å². The van der Waals surface area contributed by atoms with Crippen LogP contribution in [0.15, 0.2) is 39.4 Å². The van der Waals surface area contributed by atoms with Gasteiger partial charge < -0.3 is 9.88 Å². The number of rotatable bonds is 4. The Morgan fingerprint density at radius 3 is 2.76 bits per heavy atom. The standard InChI is InChI=1S/C15H13Br2N3O/c1-2-5-20-9-11(16)7-14(20)15(21)19-13-4-3-10(8-18)6-12(13)17/h3-4,6-7,9H,2,5H2,1H3,(H,19,21). The monoisotopic (exact) mass is 409 g/mol. The number of carbonyl (C=O) groups is 1. The molecule has 1 aromatic carbocycles. The Morgan fingerprint density at radius 1 is 1.38 bits per heavy atom. The number of anilines is 1. The van der Waals surface area contributed by atoms with E-state index in [1.807, 2.05) is 10.8 Å². The van der Waals surface area contributed by atoms with Gasteiger partial charge in [0.05, 0.1) is 17.3 Å². The first-order valence-electron chi connectivity index (χ1n) is 6.41. The Hall–Kier alpha value is -1.58. The lowest BCUT2D eigenvalue weighted by atomic mass is 10.2. The second-order valence-electron chi connectivity index (χ2n) is 4.50. The van der Waals surface area contributed by atoms with Crippen LogP contribution < -0.4 is 5.32 Å². The minimum atomic E-state index is -0.181. The van der Waals surface area contributed by atoms with Gasteiger partial charge in [0.25, 0.3) is 5.91 Å². The van der Waals surface area contributed by atoms with Crippen LogP contribution in [0.5, 0.6) is 0 Å². The molecule has 4 nitrogen and oxygen atoms in total. The summed E-state index contributed by atoms with van der Waals surface area (Å²) in [5, 5.41) is 11.7. The zero-order valence-corrected chi connectivity index (χ0v) is 14.5. The van der Waals surface area contributed by atoms with Crippen molar-refractivity contribution < 1.29 is 4.79 Å². The Labute approximate surface area is 140 Å². The first-order chi connectivity index (χ1) is 10.0. The number of nitriles is 1. The number of amides is 1. The van der Waals surface area contributed by atoms with Gasteiger partial charge in [-0.2, -0.15) is 5.26 Å². The van der Waals surface area contributed by atoms with Crippen LogP contribution in [-0.2, 0) is 6.54 Å². The Kier molecular flexibility index (Phi) is 5.21. The van der Waals surface area contributed by atoms with Crippen molar-refractivity contribution in [2.24, 2.45) is 0 Å². The van der Waals surface area contributed by atoms with Crippen LogP contribution in [-0.4, -0.2) is 10.5 Å².